The van der Waals surface area contributed by atoms with Crippen LogP contribution in [0.5, 0.6) is 0 Å². The Morgan fingerprint density at radius 2 is 1.41 bits per heavy atom. The lowest BCUT2D eigenvalue weighted by Crippen LogP contribution is -2.55. The van der Waals surface area contributed by atoms with Gasteiger partial charge in [-0.15, -0.1) is 0 Å². The molecule has 293 valence electrons. The number of allylic oxidation sites excluding steroid dienone is 5. The minimum absolute atomic E-state index is 0.000331. The Kier molecular flexibility index (Phi) is 9.46. The molecule has 1 fully saturated rings. The van der Waals surface area contributed by atoms with Crippen LogP contribution in [0.15, 0.2) is 121 Å². The van der Waals surface area contributed by atoms with Crippen molar-refractivity contribution in [2.75, 3.05) is 5.32 Å². The van der Waals surface area contributed by atoms with E-state index in [1.165, 1.54) is 97.9 Å². The lowest BCUT2D eigenvalue weighted by atomic mass is 9.35. The van der Waals surface area contributed by atoms with Crippen molar-refractivity contribution in [2.24, 2.45) is 21.7 Å². The summed E-state index contributed by atoms with van der Waals surface area (Å²) < 4.78 is 0. The molecule has 1 radical (unpaired) electrons. The minimum Gasteiger partial charge on any atom is -0.355 e. The molecule has 9 rings (SSSR count). The van der Waals surface area contributed by atoms with Gasteiger partial charge in [-0.3, -0.25) is 0 Å². The third-order valence-corrected chi connectivity index (χ3v) is 15.5. The Balaban J connectivity index is 1.34. The molecule has 1 N–H and O–H groups in total. The fourth-order valence-corrected chi connectivity index (χ4v) is 11.5. The lowest BCUT2D eigenvalue weighted by molar-refractivity contribution is -0.0308. The molecule has 2 heteroatoms. The number of benzene rings is 5. The van der Waals surface area contributed by atoms with Gasteiger partial charge in [0.15, 0.2) is 7.28 Å². The van der Waals surface area contributed by atoms with Crippen LogP contribution in [0.3, 0.4) is 0 Å². The second-order valence-electron chi connectivity index (χ2n) is 19.9. The number of rotatable bonds is 5. The van der Waals surface area contributed by atoms with Gasteiger partial charge in [-0.1, -0.05) is 158 Å². The topological polar surface area (TPSA) is 12.0 Å². The largest absolute Gasteiger partial charge is 0.355 e. The molecular formula is C56H61BN. The molecule has 0 aromatic heterocycles. The van der Waals surface area contributed by atoms with E-state index in [9.17, 15) is 0 Å². The zero-order valence-electron chi connectivity index (χ0n) is 36.4. The Hall–Kier alpha value is -4.82. The molecule has 1 nitrogen and oxygen atoms in total. The fraction of sp³-hybridized carbons (Fsp3) is 0.357. The summed E-state index contributed by atoms with van der Waals surface area (Å²) in [6, 6.07) is 36.6. The first kappa shape index (κ1) is 38.7. The molecular weight excluding hydrogens is 697 g/mol. The Bertz CT molecular complexity index is 2490. The van der Waals surface area contributed by atoms with Crippen LogP contribution < -0.4 is 10.8 Å². The molecule has 5 aromatic carbocycles. The smallest absolute Gasteiger partial charge is 0.157 e. The van der Waals surface area contributed by atoms with Crippen LogP contribution in [0.2, 0.25) is 5.82 Å². The van der Waals surface area contributed by atoms with Crippen molar-refractivity contribution < 1.29 is 0 Å². The summed E-state index contributed by atoms with van der Waals surface area (Å²) in [7, 11) is 2.70. The second kappa shape index (κ2) is 14.2. The summed E-state index contributed by atoms with van der Waals surface area (Å²) in [6.07, 6.45) is 17.3. The number of anilines is 2. The molecule has 4 unspecified atom stereocenters. The summed E-state index contributed by atoms with van der Waals surface area (Å²) >= 11 is 0. The molecule has 0 spiro atoms. The van der Waals surface area contributed by atoms with Gasteiger partial charge >= 0.3 is 0 Å². The van der Waals surface area contributed by atoms with Gasteiger partial charge in [-0.2, -0.15) is 0 Å². The summed E-state index contributed by atoms with van der Waals surface area (Å²) in [5, 5.41) is 3.99. The van der Waals surface area contributed by atoms with Crippen molar-refractivity contribution >= 4 is 35.8 Å². The van der Waals surface area contributed by atoms with Gasteiger partial charge in [0.25, 0.3) is 0 Å². The van der Waals surface area contributed by atoms with Crippen LogP contribution in [0.4, 0.5) is 11.4 Å². The first-order valence-corrected chi connectivity index (χ1v) is 22.0. The zero-order valence-corrected chi connectivity index (χ0v) is 36.4. The van der Waals surface area contributed by atoms with Crippen molar-refractivity contribution in [3.05, 3.63) is 149 Å². The van der Waals surface area contributed by atoms with E-state index in [-0.39, 0.29) is 21.7 Å². The van der Waals surface area contributed by atoms with E-state index in [4.69, 9.17) is 0 Å². The molecule has 0 saturated heterocycles. The standard InChI is InChI=1S/C56H61BN/c1-36-18-17-19-37(2)51(36)43-31-47(46-30-41-22-13-14-23-42(41)33-50(46)58-45-26-24-40(25-27-45)39-20-11-10-12-21-39)52-48(32-43)49-34-44(53(4,5)6)35-55(8,38(3)57-52)56(9)29-16-15-28-54(49,56)7/h10-12,14,17-21,23-27,30-35,38,58H,13,15-16,22,28-29H2,1-9H3. The molecule has 1 saturated carbocycles. The van der Waals surface area contributed by atoms with Crippen LogP contribution in [0.1, 0.15) is 108 Å². The quantitative estimate of drug-likeness (QED) is 0.176. The SMILES string of the molecule is Cc1cccc(C)c1-c1cc2c(c(-c3cc4c(cc3Nc3ccc(-c5ccccc5)cc3)C=CCC4)c1)[B]C(C)C1(C)C=C(C(C)(C)C)C=C2C2(C)CCCCC21C. The van der Waals surface area contributed by atoms with E-state index in [1.807, 2.05) is 0 Å². The maximum Gasteiger partial charge on any atom is 0.157 e. The van der Waals surface area contributed by atoms with Gasteiger partial charge in [0.05, 0.1) is 0 Å². The van der Waals surface area contributed by atoms with Crippen LogP contribution in [0.25, 0.3) is 45.0 Å². The number of aryl methyl sites for hydroxylation is 3. The van der Waals surface area contributed by atoms with Crippen LogP contribution in [-0.2, 0) is 6.42 Å². The van der Waals surface area contributed by atoms with Gasteiger partial charge in [-0.05, 0) is 164 Å². The summed E-state index contributed by atoms with van der Waals surface area (Å²) in [4.78, 5) is 0. The summed E-state index contributed by atoms with van der Waals surface area (Å²) in [6.45, 7) is 22.3. The molecule has 0 amide bonds. The van der Waals surface area contributed by atoms with E-state index in [0.29, 0.717) is 5.82 Å². The maximum absolute atomic E-state index is 3.99. The monoisotopic (exact) mass is 758 g/mol. The highest BCUT2D eigenvalue weighted by molar-refractivity contribution is 6.59. The molecule has 5 aromatic rings. The van der Waals surface area contributed by atoms with Crippen molar-refractivity contribution in [2.45, 2.75) is 107 Å². The number of hydrogen-bond donors (Lipinski definition) is 1. The predicted molar refractivity (Wildman–Crippen MR) is 252 cm³/mol. The normalized spacial score (nSPS) is 24.9. The number of hydrogen-bond acceptors (Lipinski definition) is 1. The molecule has 3 aliphatic carbocycles. The van der Waals surface area contributed by atoms with E-state index in [2.05, 4.69) is 196 Å². The van der Waals surface area contributed by atoms with Crippen LogP contribution in [-0.4, -0.2) is 7.28 Å². The van der Waals surface area contributed by atoms with Crippen LogP contribution >= 0.6 is 0 Å². The third kappa shape index (κ3) is 6.20. The molecule has 1 aliphatic heterocycles. The van der Waals surface area contributed by atoms with Gasteiger partial charge in [-0.25, -0.2) is 0 Å². The maximum atomic E-state index is 3.99. The van der Waals surface area contributed by atoms with E-state index < -0.39 is 0 Å². The average Bonchev–Trinajstić information content (AvgIpc) is 3.24. The first-order valence-electron chi connectivity index (χ1n) is 22.0. The van der Waals surface area contributed by atoms with E-state index >= 15 is 0 Å². The Morgan fingerprint density at radius 3 is 2.14 bits per heavy atom. The van der Waals surface area contributed by atoms with E-state index in [0.717, 1.165) is 24.2 Å². The number of fused-ring (bicyclic) bond motifs is 3. The summed E-state index contributed by atoms with van der Waals surface area (Å²) in [5.41, 5.74) is 21.3. The number of nitrogens with one attached hydrogen (secondary N) is 1. The highest BCUT2D eigenvalue weighted by Crippen LogP contribution is 2.70. The van der Waals surface area contributed by atoms with Gasteiger partial charge < -0.3 is 5.32 Å². The van der Waals surface area contributed by atoms with Crippen molar-refractivity contribution in [1.82, 2.24) is 0 Å². The Morgan fingerprint density at radius 1 is 0.724 bits per heavy atom. The van der Waals surface area contributed by atoms with Crippen molar-refractivity contribution in [3.63, 3.8) is 0 Å². The Labute approximate surface area is 350 Å². The molecule has 1 heterocycles. The minimum atomic E-state index is -0.0362. The predicted octanol–water partition coefficient (Wildman–Crippen LogP) is 15.1. The van der Waals surface area contributed by atoms with Crippen molar-refractivity contribution in [3.8, 4) is 33.4 Å². The van der Waals surface area contributed by atoms with Gasteiger partial charge in [0.2, 0.25) is 0 Å². The first-order chi connectivity index (χ1) is 27.7. The lowest BCUT2D eigenvalue weighted by Gasteiger charge is -2.62. The molecule has 4 atom stereocenters. The van der Waals surface area contributed by atoms with E-state index in [1.54, 1.807) is 5.57 Å². The third-order valence-electron chi connectivity index (χ3n) is 15.5. The highest BCUT2D eigenvalue weighted by Gasteiger charge is 2.61. The zero-order chi connectivity index (χ0) is 40.6. The highest BCUT2D eigenvalue weighted by atomic mass is 14.9. The molecule has 2 bridgehead atoms. The molecule has 4 aliphatic rings. The van der Waals surface area contributed by atoms with Crippen LogP contribution in [0, 0.1) is 35.5 Å². The van der Waals surface area contributed by atoms with Gasteiger partial charge in [0.1, 0.15) is 0 Å². The molecule has 58 heavy (non-hydrogen) atoms. The second-order valence-corrected chi connectivity index (χ2v) is 19.9. The fourth-order valence-electron chi connectivity index (χ4n) is 11.5. The average molecular weight is 759 g/mol. The summed E-state index contributed by atoms with van der Waals surface area (Å²) in [5.74, 6) is 0.311. The van der Waals surface area contributed by atoms with Crippen molar-refractivity contribution in [1.29, 1.82) is 0 Å². The van der Waals surface area contributed by atoms with Gasteiger partial charge in [0, 0.05) is 16.9 Å².